The second kappa shape index (κ2) is 8.25. The summed E-state index contributed by atoms with van der Waals surface area (Å²) in [6.07, 6.45) is 1.03. The summed E-state index contributed by atoms with van der Waals surface area (Å²) in [5.41, 5.74) is 2.79. The Kier molecular flexibility index (Phi) is 8.75. The third-order valence-electron chi connectivity index (χ3n) is 2.57. The molecule has 1 radical (unpaired) electrons. The summed E-state index contributed by atoms with van der Waals surface area (Å²) in [6, 6.07) is 8.91. The van der Waals surface area contributed by atoms with E-state index in [0.717, 1.165) is 13.0 Å². The molecule has 0 bridgehead atoms. The molecule has 0 fully saturated rings. The molecule has 1 nitrogen and oxygen atoms in total. The van der Waals surface area contributed by atoms with E-state index in [1.54, 1.807) is 0 Å². The molecular formula is C14H24KOSi. The van der Waals surface area contributed by atoms with Crippen molar-refractivity contribution in [2.45, 2.75) is 45.8 Å². The van der Waals surface area contributed by atoms with Gasteiger partial charge in [0.2, 0.25) is 0 Å². The minimum Gasteiger partial charge on any atom is -0.417 e. The maximum Gasteiger partial charge on any atom is 0.183 e. The predicted molar refractivity (Wildman–Crippen MR) is 79.3 cm³/mol. The second-order valence-corrected chi connectivity index (χ2v) is 10.1. The third-order valence-corrected chi connectivity index (χ3v) is 3.64. The van der Waals surface area contributed by atoms with E-state index in [0.29, 0.717) is 5.92 Å². The zero-order valence-electron chi connectivity index (χ0n) is 12.2. The molecular weight excluding hydrogens is 251 g/mol. The summed E-state index contributed by atoms with van der Waals surface area (Å²) in [4.78, 5) is 0. The first-order valence-corrected chi connectivity index (χ1v) is 9.52. The van der Waals surface area contributed by atoms with Crippen molar-refractivity contribution >= 4 is 59.7 Å². The average Bonchev–Trinajstić information content (AvgIpc) is 2.16. The zero-order chi connectivity index (χ0) is 12.2. The molecule has 0 aliphatic rings. The maximum atomic E-state index is 5.85. The molecule has 1 aromatic carbocycles. The molecule has 3 heteroatoms. The van der Waals surface area contributed by atoms with Gasteiger partial charge < -0.3 is 4.43 Å². The van der Waals surface area contributed by atoms with Crippen LogP contribution in [0.5, 0.6) is 0 Å². The van der Waals surface area contributed by atoms with Crippen LogP contribution >= 0.6 is 0 Å². The van der Waals surface area contributed by atoms with Gasteiger partial charge in [0.15, 0.2) is 8.32 Å². The summed E-state index contributed by atoms with van der Waals surface area (Å²) in [5.74, 6) is 0.618. The van der Waals surface area contributed by atoms with E-state index in [2.05, 4.69) is 57.8 Å². The molecule has 0 aromatic heterocycles. The standard InChI is InChI=1S/C14H24OSi.K/c1-12(2)14-8-6-13(7-9-14)10-11-15-16(3,4)5;/h6-9,12H,10-11H2,1-5H3;. The molecule has 0 amide bonds. The van der Waals surface area contributed by atoms with Gasteiger partial charge in [0, 0.05) is 58.0 Å². The fourth-order valence-electron chi connectivity index (χ4n) is 1.54. The van der Waals surface area contributed by atoms with Gasteiger partial charge in [-0.3, -0.25) is 0 Å². The van der Waals surface area contributed by atoms with Crippen LogP contribution in [0.4, 0.5) is 0 Å². The van der Waals surface area contributed by atoms with Crippen molar-refractivity contribution in [1.29, 1.82) is 0 Å². The molecule has 0 N–H and O–H groups in total. The largest absolute Gasteiger partial charge is 0.417 e. The van der Waals surface area contributed by atoms with Crippen LogP contribution in [0.3, 0.4) is 0 Å². The normalized spacial score (nSPS) is 11.4. The van der Waals surface area contributed by atoms with Gasteiger partial charge >= 0.3 is 0 Å². The van der Waals surface area contributed by atoms with Gasteiger partial charge in [-0.05, 0) is 43.1 Å². The van der Waals surface area contributed by atoms with E-state index < -0.39 is 8.32 Å². The van der Waals surface area contributed by atoms with Crippen molar-refractivity contribution in [3.8, 4) is 0 Å². The van der Waals surface area contributed by atoms with Gasteiger partial charge in [-0.2, -0.15) is 0 Å². The van der Waals surface area contributed by atoms with Gasteiger partial charge in [0.25, 0.3) is 0 Å². The Morgan fingerprint density at radius 1 is 1.06 bits per heavy atom. The second-order valence-electron chi connectivity index (χ2n) is 5.61. The minimum atomic E-state index is -1.34. The summed E-state index contributed by atoms with van der Waals surface area (Å²) < 4.78 is 5.85. The molecule has 0 aliphatic heterocycles. The van der Waals surface area contributed by atoms with Crippen LogP contribution in [0.15, 0.2) is 24.3 Å². The number of hydrogen-bond donors (Lipinski definition) is 0. The quantitative estimate of drug-likeness (QED) is 0.742. The third kappa shape index (κ3) is 7.93. The molecule has 0 atom stereocenters. The molecule has 0 saturated carbocycles. The van der Waals surface area contributed by atoms with Gasteiger partial charge in [-0.15, -0.1) is 0 Å². The van der Waals surface area contributed by atoms with E-state index in [1.807, 2.05) is 0 Å². The van der Waals surface area contributed by atoms with Crippen molar-refractivity contribution in [2.75, 3.05) is 6.61 Å². The monoisotopic (exact) mass is 275 g/mol. The van der Waals surface area contributed by atoms with Gasteiger partial charge in [0.05, 0.1) is 0 Å². The fraction of sp³-hybridized carbons (Fsp3) is 0.571. The summed E-state index contributed by atoms with van der Waals surface area (Å²) in [6.45, 7) is 12.0. The summed E-state index contributed by atoms with van der Waals surface area (Å²) in [7, 11) is -1.34. The minimum absolute atomic E-state index is 0. The number of hydrogen-bond acceptors (Lipinski definition) is 1. The van der Waals surface area contributed by atoms with E-state index in [1.165, 1.54) is 11.1 Å². The Balaban J connectivity index is 0.00000256. The Morgan fingerprint density at radius 2 is 1.59 bits per heavy atom. The van der Waals surface area contributed by atoms with Gasteiger partial charge in [-0.25, -0.2) is 0 Å². The fourth-order valence-corrected chi connectivity index (χ4v) is 2.26. The molecule has 0 unspecified atom stereocenters. The molecule has 0 aliphatic carbocycles. The van der Waals surface area contributed by atoms with Gasteiger partial charge in [0.1, 0.15) is 0 Å². The smallest absolute Gasteiger partial charge is 0.183 e. The van der Waals surface area contributed by atoms with Crippen molar-refractivity contribution in [1.82, 2.24) is 0 Å². The van der Waals surface area contributed by atoms with E-state index >= 15 is 0 Å². The Morgan fingerprint density at radius 3 is 2.00 bits per heavy atom. The Bertz CT molecular complexity index is 314. The van der Waals surface area contributed by atoms with E-state index in [9.17, 15) is 0 Å². The van der Waals surface area contributed by atoms with E-state index in [4.69, 9.17) is 4.43 Å². The molecule has 17 heavy (non-hydrogen) atoms. The Hall–Kier alpha value is 1.03. The number of rotatable bonds is 5. The predicted octanol–water partition coefficient (Wildman–Crippen LogP) is 3.82. The summed E-state index contributed by atoms with van der Waals surface area (Å²) >= 11 is 0. The zero-order valence-corrected chi connectivity index (χ0v) is 16.3. The molecule has 0 saturated heterocycles. The first-order valence-electron chi connectivity index (χ1n) is 6.11. The van der Waals surface area contributed by atoms with Crippen LogP contribution in [0.1, 0.15) is 30.9 Å². The first-order chi connectivity index (χ1) is 7.38. The SMILES string of the molecule is CC(C)c1ccc(CCO[Si](C)(C)C)cc1.[K]. The van der Waals surface area contributed by atoms with Crippen LogP contribution in [0, 0.1) is 0 Å². The first kappa shape index (κ1) is 18.0. The van der Waals surface area contributed by atoms with Crippen LogP contribution in [-0.4, -0.2) is 66.3 Å². The molecule has 0 heterocycles. The Labute approximate surface area is 150 Å². The van der Waals surface area contributed by atoms with Crippen LogP contribution < -0.4 is 0 Å². The number of benzene rings is 1. The molecule has 1 aromatic rings. The van der Waals surface area contributed by atoms with Crippen molar-refractivity contribution in [2.24, 2.45) is 0 Å². The van der Waals surface area contributed by atoms with Crippen molar-refractivity contribution in [3.05, 3.63) is 35.4 Å². The van der Waals surface area contributed by atoms with Crippen LogP contribution in [-0.2, 0) is 10.8 Å². The van der Waals surface area contributed by atoms with Crippen molar-refractivity contribution in [3.63, 3.8) is 0 Å². The molecule has 1 rings (SSSR count). The van der Waals surface area contributed by atoms with Crippen molar-refractivity contribution < 1.29 is 4.43 Å². The maximum absolute atomic E-state index is 5.85. The van der Waals surface area contributed by atoms with Gasteiger partial charge in [-0.1, -0.05) is 38.1 Å². The van der Waals surface area contributed by atoms with Crippen LogP contribution in [0.25, 0.3) is 0 Å². The summed E-state index contributed by atoms with van der Waals surface area (Å²) in [5, 5.41) is 0. The average molecular weight is 276 g/mol. The molecule has 0 spiro atoms. The van der Waals surface area contributed by atoms with Crippen LogP contribution in [0.2, 0.25) is 19.6 Å². The van der Waals surface area contributed by atoms with E-state index in [-0.39, 0.29) is 51.4 Å². The molecule has 91 valence electrons. The topological polar surface area (TPSA) is 9.23 Å².